The summed E-state index contributed by atoms with van der Waals surface area (Å²) in [4.78, 5) is 13.8. The lowest BCUT2D eigenvalue weighted by atomic mass is 10.3. The molecule has 1 N–H and O–H groups in total. The molecule has 0 bridgehead atoms. The fourth-order valence-electron chi connectivity index (χ4n) is 0.824. The molecule has 0 aliphatic rings. The molecule has 0 radical (unpaired) electrons. The lowest BCUT2D eigenvalue weighted by molar-refractivity contribution is -0.114. The summed E-state index contributed by atoms with van der Waals surface area (Å²) in [6.07, 6.45) is 0. The molecule has 1 rings (SSSR count). The molecular weight excluding hydrogens is 171 g/mol. The number of carbonyl (C=O) groups excluding carboxylic acids is 1. The van der Waals surface area contributed by atoms with Gasteiger partial charge in [0.25, 0.3) is 6.54 Å². The molecule has 0 aliphatic heterocycles. The van der Waals surface area contributed by atoms with Gasteiger partial charge in [0.2, 0.25) is 0 Å². The van der Waals surface area contributed by atoms with Crippen molar-refractivity contribution in [1.29, 1.82) is 0 Å². The topological polar surface area (TPSA) is 33.5 Å². The standard InChI is InChI=1S/C9H7FN2O/c1-11-6-9(13)12-8-5-3-2-4-7(8)10/h2-5H,6H2,(H,12,13). The highest BCUT2D eigenvalue weighted by Crippen LogP contribution is 2.11. The summed E-state index contributed by atoms with van der Waals surface area (Å²) in [5.41, 5.74) is 0.108. The van der Waals surface area contributed by atoms with E-state index in [2.05, 4.69) is 10.2 Å². The van der Waals surface area contributed by atoms with Gasteiger partial charge in [0.1, 0.15) is 5.82 Å². The van der Waals surface area contributed by atoms with Crippen LogP contribution in [0, 0.1) is 12.4 Å². The highest BCUT2D eigenvalue weighted by molar-refractivity contribution is 5.93. The largest absolute Gasteiger partial charge is 0.317 e. The SMILES string of the molecule is [C-]#[N+]CC(=O)Nc1ccccc1F. The summed E-state index contributed by atoms with van der Waals surface area (Å²) in [6.45, 7) is 6.14. The molecule has 0 atom stereocenters. The molecule has 0 heterocycles. The normalized spacial score (nSPS) is 8.92. The van der Waals surface area contributed by atoms with Gasteiger partial charge in [-0.15, -0.1) is 0 Å². The lowest BCUT2D eigenvalue weighted by Crippen LogP contribution is -2.14. The van der Waals surface area contributed by atoms with E-state index in [1.165, 1.54) is 18.2 Å². The third-order valence-corrected chi connectivity index (χ3v) is 1.37. The first-order valence-corrected chi connectivity index (χ1v) is 3.61. The Morgan fingerprint density at radius 1 is 1.54 bits per heavy atom. The van der Waals surface area contributed by atoms with E-state index in [-0.39, 0.29) is 12.2 Å². The number of carbonyl (C=O) groups is 1. The first-order chi connectivity index (χ1) is 6.24. The summed E-state index contributed by atoms with van der Waals surface area (Å²) in [6, 6.07) is 5.82. The number of anilines is 1. The van der Waals surface area contributed by atoms with Crippen LogP contribution in [0.3, 0.4) is 0 Å². The molecule has 0 unspecified atom stereocenters. The van der Waals surface area contributed by atoms with Gasteiger partial charge in [-0.3, -0.25) is 4.79 Å². The lowest BCUT2D eigenvalue weighted by Gasteiger charge is -2.01. The Morgan fingerprint density at radius 2 is 2.23 bits per heavy atom. The Hall–Kier alpha value is -1.89. The van der Waals surface area contributed by atoms with Gasteiger partial charge in [0, 0.05) is 0 Å². The minimum absolute atomic E-state index is 0.108. The van der Waals surface area contributed by atoms with Gasteiger partial charge in [0.05, 0.1) is 5.69 Å². The van der Waals surface area contributed by atoms with Crippen molar-refractivity contribution in [3.8, 4) is 0 Å². The van der Waals surface area contributed by atoms with Crippen molar-refractivity contribution >= 4 is 11.6 Å². The maximum Gasteiger partial charge on any atom is 0.304 e. The van der Waals surface area contributed by atoms with Crippen LogP contribution in [0.5, 0.6) is 0 Å². The molecule has 0 fully saturated rings. The van der Waals surface area contributed by atoms with E-state index in [9.17, 15) is 9.18 Å². The number of nitrogens with one attached hydrogen (secondary N) is 1. The number of rotatable bonds is 2. The average Bonchev–Trinajstić information content (AvgIpc) is 2.09. The second-order valence-corrected chi connectivity index (χ2v) is 2.34. The van der Waals surface area contributed by atoms with Gasteiger partial charge in [-0.2, -0.15) is 0 Å². The number of hydrogen-bond donors (Lipinski definition) is 1. The number of benzene rings is 1. The maximum absolute atomic E-state index is 12.9. The molecular formula is C9H7FN2O. The predicted octanol–water partition coefficient (Wildman–Crippen LogP) is 1.68. The van der Waals surface area contributed by atoms with Gasteiger partial charge in [-0.1, -0.05) is 12.1 Å². The van der Waals surface area contributed by atoms with Gasteiger partial charge in [0.15, 0.2) is 0 Å². The highest BCUT2D eigenvalue weighted by Gasteiger charge is 2.06. The summed E-state index contributed by atoms with van der Waals surface area (Å²) in [5, 5.41) is 2.28. The molecule has 1 aromatic carbocycles. The van der Waals surface area contributed by atoms with Crippen LogP contribution in [0.4, 0.5) is 10.1 Å². The third-order valence-electron chi connectivity index (χ3n) is 1.37. The van der Waals surface area contributed by atoms with E-state index >= 15 is 0 Å². The van der Waals surface area contributed by atoms with Crippen LogP contribution in [0.2, 0.25) is 0 Å². The van der Waals surface area contributed by atoms with E-state index < -0.39 is 11.7 Å². The van der Waals surface area contributed by atoms with Crippen molar-refractivity contribution < 1.29 is 9.18 Å². The zero-order valence-electron chi connectivity index (χ0n) is 6.75. The molecule has 1 amide bonds. The van der Waals surface area contributed by atoms with E-state index in [0.29, 0.717) is 0 Å². The van der Waals surface area contributed by atoms with E-state index in [1.807, 2.05) is 0 Å². The van der Waals surface area contributed by atoms with Crippen molar-refractivity contribution in [2.45, 2.75) is 0 Å². The molecule has 13 heavy (non-hydrogen) atoms. The Kier molecular flexibility index (Phi) is 2.98. The van der Waals surface area contributed by atoms with Crippen LogP contribution in [0.1, 0.15) is 0 Å². The number of nitrogens with zero attached hydrogens (tertiary/aromatic N) is 1. The minimum atomic E-state index is -0.500. The molecule has 66 valence electrons. The number of hydrogen-bond acceptors (Lipinski definition) is 1. The van der Waals surface area contributed by atoms with Crippen molar-refractivity contribution in [3.63, 3.8) is 0 Å². The van der Waals surface area contributed by atoms with Crippen LogP contribution in [0.25, 0.3) is 4.85 Å². The summed E-state index contributed by atoms with van der Waals surface area (Å²) in [5.74, 6) is -0.999. The van der Waals surface area contributed by atoms with Crippen molar-refractivity contribution in [1.82, 2.24) is 0 Å². The van der Waals surface area contributed by atoms with E-state index in [4.69, 9.17) is 6.57 Å². The molecule has 3 nitrogen and oxygen atoms in total. The van der Waals surface area contributed by atoms with Crippen LogP contribution >= 0.6 is 0 Å². The van der Waals surface area contributed by atoms with Gasteiger partial charge < -0.3 is 10.2 Å². The smallest absolute Gasteiger partial charge is 0.304 e. The Balaban J connectivity index is 2.70. The molecule has 0 saturated heterocycles. The Morgan fingerprint density at radius 3 is 2.85 bits per heavy atom. The van der Waals surface area contributed by atoms with E-state index in [1.54, 1.807) is 6.07 Å². The fourth-order valence-corrected chi connectivity index (χ4v) is 0.824. The predicted molar refractivity (Wildman–Crippen MR) is 46.5 cm³/mol. The molecule has 0 aromatic heterocycles. The van der Waals surface area contributed by atoms with Crippen LogP contribution in [0.15, 0.2) is 24.3 Å². The highest BCUT2D eigenvalue weighted by atomic mass is 19.1. The minimum Gasteiger partial charge on any atom is -0.317 e. The zero-order chi connectivity index (χ0) is 9.68. The summed E-state index contributed by atoms with van der Waals surface area (Å²) < 4.78 is 12.9. The molecule has 1 aromatic rings. The zero-order valence-corrected chi connectivity index (χ0v) is 6.75. The van der Waals surface area contributed by atoms with Crippen LogP contribution in [-0.2, 0) is 4.79 Å². The fraction of sp³-hybridized carbons (Fsp3) is 0.111. The number of amides is 1. The van der Waals surface area contributed by atoms with Crippen molar-refractivity contribution in [2.75, 3.05) is 11.9 Å². The summed E-state index contributed by atoms with van der Waals surface area (Å²) >= 11 is 0. The first kappa shape index (κ1) is 9.20. The Labute approximate surface area is 75.0 Å². The second-order valence-electron chi connectivity index (χ2n) is 2.34. The van der Waals surface area contributed by atoms with Gasteiger partial charge in [-0.05, 0) is 12.1 Å². The molecule has 0 aliphatic carbocycles. The first-order valence-electron chi connectivity index (χ1n) is 3.61. The molecule has 0 saturated carbocycles. The quantitative estimate of drug-likeness (QED) is 0.687. The van der Waals surface area contributed by atoms with Crippen LogP contribution in [-0.4, -0.2) is 12.5 Å². The van der Waals surface area contributed by atoms with Crippen molar-refractivity contribution in [3.05, 3.63) is 41.5 Å². The average molecular weight is 178 g/mol. The molecule has 0 spiro atoms. The Bertz CT molecular complexity index is 357. The molecule has 4 heteroatoms. The summed E-state index contributed by atoms with van der Waals surface area (Å²) in [7, 11) is 0. The van der Waals surface area contributed by atoms with Crippen LogP contribution < -0.4 is 5.32 Å². The van der Waals surface area contributed by atoms with E-state index in [0.717, 1.165) is 0 Å². The van der Waals surface area contributed by atoms with Crippen molar-refractivity contribution in [2.24, 2.45) is 0 Å². The van der Waals surface area contributed by atoms with Gasteiger partial charge >= 0.3 is 5.91 Å². The maximum atomic E-state index is 12.9. The third kappa shape index (κ3) is 2.56. The van der Waals surface area contributed by atoms with Gasteiger partial charge in [-0.25, -0.2) is 11.0 Å². The monoisotopic (exact) mass is 178 g/mol. The second kappa shape index (κ2) is 4.21. The number of para-hydroxylation sites is 1. The number of halogens is 1.